The molecular formula is C36H36O9. The highest BCUT2D eigenvalue weighted by Gasteiger charge is 2.48. The van der Waals surface area contributed by atoms with Crippen molar-refractivity contribution in [2.45, 2.75) is 12.0 Å². The summed E-state index contributed by atoms with van der Waals surface area (Å²) in [6.07, 6.45) is 2.80. The maximum Gasteiger partial charge on any atom is 0.203 e. The number of hydrogen-bond donors (Lipinski definition) is 1. The minimum Gasteiger partial charge on any atom is -0.504 e. The number of ether oxygens (including phenoxy) is 7. The van der Waals surface area contributed by atoms with Crippen molar-refractivity contribution >= 4 is 11.9 Å². The Kier molecular flexibility index (Phi) is 9.37. The Morgan fingerprint density at radius 1 is 0.689 bits per heavy atom. The van der Waals surface area contributed by atoms with Gasteiger partial charge in [-0.2, -0.15) is 0 Å². The molecule has 234 valence electrons. The van der Waals surface area contributed by atoms with Crippen molar-refractivity contribution in [2.75, 3.05) is 42.7 Å². The first kappa shape index (κ1) is 31.1. The molecule has 9 heteroatoms. The number of carbonyl (C=O) groups is 1. The van der Waals surface area contributed by atoms with Gasteiger partial charge < -0.3 is 38.3 Å². The monoisotopic (exact) mass is 612 g/mol. The van der Waals surface area contributed by atoms with Crippen molar-refractivity contribution < 1.29 is 43.1 Å². The fraction of sp³-hybridized carbons (Fsp3) is 0.250. The summed E-state index contributed by atoms with van der Waals surface area (Å²) in [6.45, 7) is 0. The number of phenols is 1. The maximum atomic E-state index is 14.7. The Bertz CT molecular complexity index is 1680. The van der Waals surface area contributed by atoms with Crippen LogP contribution in [0, 0.1) is 5.92 Å². The number of allylic oxidation sites excluding steroid dienone is 1. The van der Waals surface area contributed by atoms with Crippen LogP contribution in [0.5, 0.6) is 46.0 Å². The van der Waals surface area contributed by atoms with Crippen LogP contribution in [0.1, 0.15) is 39.1 Å². The van der Waals surface area contributed by atoms with E-state index in [2.05, 4.69) is 0 Å². The predicted octanol–water partition coefficient (Wildman–Crippen LogP) is 6.87. The van der Waals surface area contributed by atoms with E-state index < -0.39 is 17.9 Å². The van der Waals surface area contributed by atoms with Gasteiger partial charge in [-0.25, -0.2) is 0 Å². The molecule has 0 aromatic heterocycles. The van der Waals surface area contributed by atoms with Gasteiger partial charge in [-0.1, -0.05) is 72.8 Å². The number of ketones is 1. The molecule has 1 aliphatic rings. The third-order valence-corrected chi connectivity index (χ3v) is 7.94. The Morgan fingerprint density at radius 2 is 1.22 bits per heavy atom. The lowest BCUT2D eigenvalue weighted by Gasteiger charge is -2.40. The number of methoxy groups -OCH3 is 6. The highest BCUT2D eigenvalue weighted by atomic mass is 16.5. The third kappa shape index (κ3) is 5.69. The van der Waals surface area contributed by atoms with Gasteiger partial charge in [0.05, 0.1) is 54.1 Å². The maximum absolute atomic E-state index is 14.7. The van der Waals surface area contributed by atoms with E-state index in [1.54, 1.807) is 43.5 Å². The number of rotatable bonds is 11. The summed E-state index contributed by atoms with van der Waals surface area (Å²) in [5.74, 6) is -0.0932. The van der Waals surface area contributed by atoms with Crippen LogP contribution in [0.4, 0.5) is 0 Å². The summed E-state index contributed by atoms with van der Waals surface area (Å²) in [5.41, 5.74) is 2.19. The van der Waals surface area contributed by atoms with Crippen molar-refractivity contribution in [1.82, 2.24) is 0 Å². The molecular weight excluding hydrogens is 576 g/mol. The van der Waals surface area contributed by atoms with Crippen LogP contribution in [0.15, 0.2) is 78.9 Å². The van der Waals surface area contributed by atoms with Crippen LogP contribution in [0.25, 0.3) is 6.08 Å². The molecule has 0 fully saturated rings. The predicted molar refractivity (Wildman–Crippen MR) is 170 cm³/mol. The molecule has 0 aliphatic carbocycles. The van der Waals surface area contributed by atoms with Crippen LogP contribution < -0.4 is 33.2 Å². The zero-order chi connectivity index (χ0) is 32.1. The molecule has 1 aliphatic heterocycles. The molecule has 5 rings (SSSR count). The van der Waals surface area contributed by atoms with Crippen molar-refractivity contribution in [3.05, 3.63) is 101 Å². The minimum atomic E-state index is -1.10. The fourth-order valence-corrected chi connectivity index (χ4v) is 5.86. The summed E-state index contributed by atoms with van der Waals surface area (Å²) in [4.78, 5) is 14.7. The Labute approximate surface area is 262 Å². The van der Waals surface area contributed by atoms with E-state index in [9.17, 15) is 9.90 Å². The van der Waals surface area contributed by atoms with Crippen molar-refractivity contribution in [3.8, 4) is 46.0 Å². The van der Waals surface area contributed by atoms with E-state index in [0.29, 0.717) is 34.1 Å². The van der Waals surface area contributed by atoms with Gasteiger partial charge in [0, 0.05) is 29.2 Å². The van der Waals surface area contributed by atoms with Gasteiger partial charge >= 0.3 is 0 Å². The molecule has 0 saturated heterocycles. The number of hydrogen-bond acceptors (Lipinski definition) is 9. The summed E-state index contributed by atoms with van der Waals surface area (Å²) in [6, 6.07) is 22.0. The van der Waals surface area contributed by atoms with Gasteiger partial charge in [-0.15, -0.1) is 0 Å². The summed E-state index contributed by atoms with van der Waals surface area (Å²) < 4.78 is 40.9. The van der Waals surface area contributed by atoms with E-state index in [1.165, 1.54) is 35.5 Å². The molecule has 4 aromatic carbocycles. The summed E-state index contributed by atoms with van der Waals surface area (Å²) in [7, 11) is 8.91. The van der Waals surface area contributed by atoms with Gasteiger partial charge in [0.15, 0.2) is 28.8 Å². The first-order chi connectivity index (χ1) is 21.9. The zero-order valence-corrected chi connectivity index (χ0v) is 26.0. The number of benzene rings is 4. The standard InChI is InChI=1S/C36H36O9/c1-39-24-19-27(42-4)34(44-6)36-28(24)23(18-17-21-13-9-7-10-14-21)29(31(37)22-15-11-8-12-16-22)35(45-36)30-25(40-2)20-26(41-3)33(43-5)32(30)38/h7-20,23,29,35,38H,1-6H3/b18-17+/t23-,29+,35+/m0/s1. The topological polar surface area (TPSA) is 102 Å². The van der Waals surface area contributed by atoms with E-state index in [0.717, 1.165) is 5.56 Å². The number of aromatic hydroxyl groups is 1. The lowest BCUT2D eigenvalue weighted by molar-refractivity contribution is 0.0611. The van der Waals surface area contributed by atoms with Crippen LogP contribution in [0.2, 0.25) is 0 Å². The Hall–Kier alpha value is -5.31. The van der Waals surface area contributed by atoms with Gasteiger partial charge in [-0.3, -0.25) is 4.79 Å². The first-order valence-corrected chi connectivity index (χ1v) is 14.3. The minimum absolute atomic E-state index is 0.0696. The number of carbonyl (C=O) groups excluding carboxylic acids is 1. The SMILES string of the molecule is COc1cc(OC)c([C@@H]2Oc3c(OC)c(OC)cc(OC)c3[C@H](/C=C/c3ccccc3)[C@@H]2C(=O)c2ccccc2)c(O)c1OC. The fourth-order valence-electron chi connectivity index (χ4n) is 5.86. The Morgan fingerprint density at radius 3 is 1.78 bits per heavy atom. The van der Waals surface area contributed by atoms with Gasteiger partial charge in [0.1, 0.15) is 17.6 Å². The van der Waals surface area contributed by atoms with Crippen molar-refractivity contribution in [1.29, 1.82) is 0 Å². The van der Waals surface area contributed by atoms with Crippen LogP contribution >= 0.6 is 0 Å². The highest BCUT2D eigenvalue weighted by Crippen LogP contribution is 2.60. The van der Waals surface area contributed by atoms with Crippen LogP contribution in [-0.4, -0.2) is 53.5 Å². The van der Waals surface area contributed by atoms with Gasteiger partial charge in [0.25, 0.3) is 0 Å². The Balaban J connectivity index is 1.88. The number of Topliss-reactive ketones (excluding diaryl/α,β-unsaturated/α-hetero) is 1. The molecule has 0 amide bonds. The first-order valence-electron chi connectivity index (χ1n) is 14.3. The van der Waals surface area contributed by atoms with E-state index in [4.69, 9.17) is 33.2 Å². The molecule has 45 heavy (non-hydrogen) atoms. The van der Waals surface area contributed by atoms with E-state index in [-0.39, 0.29) is 34.3 Å². The lowest BCUT2D eigenvalue weighted by Crippen LogP contribution is -2.36. The van der Waals surface area contributed by atoms with Crippen molar-refractivity contribution in [2.24, 2.45) is 5.92 Å². The van der Waals surface area contributed by atoms with Gasteiger partial charge in [-0.05, 0) is 5.56 Å². The molecule has 0 bridgehead atoms. The van der Waals surface area contributed by atoms with E-state index in [1.807, 2.05) is 48.6 Å². The quantitative estimate of drug-likeness (QED) is 0.182. The number of fused-ring (bicyclic) bond motifs is 1. The second-order valence-electron chi connectivity index (χ2n) is 10.2. The van der Waals surface area contributed by atoms with Crippen LogP contribution in [0.3, 0.4) is 0 Å². The average Bonchev–Trinajstić information content (AvgIpc) is 3.09. The summed E-state index contributed by atoms with van der Waals surface area (Å²) >= 11 is 0. The second-order valence-corrected chi connectivity index (χ2v) is 10.2. The number of phenolic OH excluding ortho intramolecular Hbond substituents is 1. The van der Waals surface area contributed by atoms with E-state index >= 15 is 0 Å². The van der Waals surface area contributed by atoms with Crippen LogP contribution in [-0.2, 0) is 0 Å². The second kappa shape index (κ2) is 13.5. The molecule has 3 atom stereocenters. The molecule has 9 nitrogen and oxygen atoms in total. The molecule has 0 saturated carbocycles. The third-order valence-electron chi connectivity index (χ3n) is 7.94. The molecule has 1 heterocycles. The molecule has 0 radical (unpaired) electrons. The zero-order valence-electron chi connectivity index (χ0n) is 26.0. The molecule has 4 aromatic rings. The average molecular weight is 613 g/mol. The molecule has 0 unspecified atom stereocenters. The molecule has 0 spiro atoms. The van der Waals surface area contributed by atoms with Crippen molar-refractivity contribution in [3.63, 3.8) is 0 Å². The smallest absolute Gasteiger partial charge is 0.203 e. The van der Waals surface area contributed by atoms with Gasteiger partial charge in [0.2, 0.25) is 11.5 Å². The lowest BCUT2D eigenvalue weighted by atomic mass is 9.72. The normalized spacial score (nSPS) is 17.2. The highest BCUT2D eigenvalue weighted by molar-refractivity contribution is 6.00. The summed E-state index contributed by atoms with van der Waals surface area (Å²) in [5, 5.41) is 11.7. The largest absolute Gasteiger partial charge is 0.504 e. The molecule has 1 N–H and O–H groups in total.